The highest BCUT2D eigenvalue weighted by Gasteiger charge is 2.30. The summed E-state index contributed by atoms with van der Waals surface area (Å²) in [6, 6.07) is 15.8. The van der Waals surface area contributed by atoms with Gasteiger partial charge in [0.25, 0.3) is 0 Å². The highest BCUT2D eigenvalue weighted by molar-refractivity contribution is 6.39. The Morgan fingerprint density at radius 1 is 0.971 bits per heavy atom. The number of halogens is 5. The van der Waals surface area contributed by atoms with Crippen molar-refractivity contribution in [3.63, 3.8) is 0 Å². The molecule has 176 valence electrons. The van der Waals surface area contributed by atoms with Crippen molar-refractivity contribution >= 4 is 46.9 Å². The fraction of sp³-hybridized carbons (Fsp3) is 0.0870. The molecule has 11 heteroatoms. The Balaban J connectivity index is 1.53. The van der Waals surface area contributed by atoms with Crippen molar-refractivity contribution in [2.24, 2.45) is 5.10 Å². The highest BCUT2D eigenvalue weighted by atomic mass is 35.5. The standard InChI is InChI=1S/C23H16Cl2F3N3O3/c24-17-7-4-14(5-8-17)13-34-20-9-6-15(10-19(20)25)12-29-31-22(33)21(32)30-18-3-1-2-16(11-18)23(26,27)28/h1-12H,13H2,(H,30,32)(H,31,33)/b29-12-. The number of alkyl halides is 3. The number of hydrogen-bond acceptors (Lipinski definition) is 4. The van der Waals surface area contributed by atoms with Crippen molar-refractivity contribution in [2.45, 2.75) is 12.8 Å². The average molecular weight is 510 g/mol. The molecule has 0 fully saturated rings. The van der Waals surface area contributed by atoms with Crippen LogP contribution in [0, 0.1) is 0 Å². The Labute approximate surface area is 202 Å². The van der Waals surface area contributed by atoms with Crippen LogP contribution >= 0.6 is 23.2 Å². The highest BCUT2D eigenvalue weighted by Crippen LogP contribution is 2.30. The van der Waals surface area contributed by atoms with Gasteiger partial charge in [0.1, 0.15) is 12.4 Å². The number of carbonyl (C=O) groups is 2. The van der Waals surface area contributed by atoms with Crippen LogP contribution in [0.25, 0.3) is 0 Å². The van der Waals surface area contributed by atoms with Gasteiger partial charge in [-0.3, -0.25) is 9.59 Å². The molecule has 0 aliphatic rings. The molecule has 34 heavy (non-hydrogen) atoms. The fourth-order valence-electron chi connectivity index (χ4n) is 2.63. The van der Waals surface area contributed by atoms with E-state index in [9.17, 15) is 22.8 Å². The van der Waals surface area contributed by atoms with Crippen LogP contribution in [0.3, 0.4) is 0 Å². The van der Waals surface area contributed by atoms with E-state index in [2.05, 4.69) is 10.4 Å². The summed E-state index contributed by atoms with van der Waals surface area (Å²) in [5, 5.41) is 6.65. The topological polar surface area (TPSA) is 79.8 Å². The molecule has 0 spiro atoms. The van der Waals surface area contributed by atoms with Crippen LogP contribution < -0.4 is 15.5 Å². The van der Waals surface area contributed by atoms with E-state index in [1.807, 2.05) is 17.6 Å². The van der Waals surface area contributed by atoms with E-state index in [0.29, 0.717) is 27.4 Å². The largest absolute Gasteiger partial charge is 0.487 e. The zero-order chi connectivity index (χ0) is 24.7. The van der Waals surface area contributed by atoms with E-state index in [1.54, 1.807) is 24.3 Å². The van der Waals surface area contributed by atoms with Crippen LogP contribution in [0.15, 0.2) is 71.8 Å². The number of hydrogen-bond donors (Lipinski definition) is 2. The van der Waals surface area contributed by atoms with Gasteiger partial charge >= 0.3 is 18.0 Å². The number of nitrogens with zero attached hydrogens (tertiary/aromatic N) is 1. The molecule has 0 aromatic heterocycles. The zero-order valence-corrected chi connectivity index (χ0v) is 18.7. The molecule has 3 aromatic carbocycles. The molecule has 0 aliphatic heterocycles. The van der Waals surface area contributed by atoms with Crippen molar-refractivity contribution in [2.75, 3.05) is 5.32 Å². The van der Waals surface area contributed by atoms with Crippen LogP contribution in [0.1, 0.15) is 16.7 Å². The minimum Gasteiger partial charge on any atom is -0.487 e. The molecule has 0 bridgehead atoms. The molecule has 0 atom stereocenters. The van der Waals surface area contributed by atoms with E-state index < -0.39 is 23.6 Å². The molecule has 0 radical (unpaired) electrons. The molecule has 3 rings (SSSR count). The van der Waals surface area contributed by atoms with Crippen molar-refractivity contribution in [3.8, 4) is 5.75 Å². The Kier molecular flexibility index (Phi) is 8.14. The van der Waals surface area contributed by atoms with Gasteiger partial charge in [-0.15, -0.1) is 0 Å². The van der Waals surface area contributed by atoms with Crippen LogP contribution in [-0.2, 0) is 22.4 Å². The number of rotatable bonds is 6. The number of hydrazone groups is 1. The summed E-state index contributed by atoms with van der Waals surface area (Å²) in [6.45, 7) is 0.279. The predicted molar refractivity (Wildman–Crippen MR) is 123 cm³/mol. The summed E-state index contributed by atoms with van der Waals surface area (Å²) >= 11 is 12.1. The van der Waals surface area contributed by atoms with E-state index in [4.69, 9.17) is 27.9 Å². The van der Waals surface area contributed by atoms with Gasteiger partial charge in [-0.05, 0) is 59.7 Å². The first-order chi connectivity index (χ1) is 16.1. The SMILES string of the molecule is O=C(N/N=C\c1ccc(OCc2ccc(Cl)cc2)c(Cl)c1)C(=O)Nc1cccc(C(F)(F)F)c1. The third-order valence-corrected chi connectivity index (χ3v) is 4.84. The van der Waals surface area contributed by atoms with Crippen LogP contribution in [0.5, 0.6) is 5.75 Å². The molecule has 0 saturated carbocycles. The van der Waals surface area contributed by atoms with E-state index in [0.717, 1.165) is 17.7 Å². The molecular weight excluding hydrogens is 494 g/mol. The average Bonchev–Trinajstić information content (AvgIpc) is 2.79. The molecular formula is C23H16Cl2F3N3O3. The van der Waals surface area contributed by atoms with Crippen molar-refractivity contribution < 1.29 is 27.5 Å². The number of amides is 2. The Morgan fingerprint density at radius 2 is 1.71 bits per heavy atom. The minimum absolute atomic E-state index is 0.181. The molecule has 0 saturated heterocycles. The first-order valence-electron chi connectivity index (χ1n) is 9.60. The van der Waals surface area contributed by atoms with Gasteiger partial charge in [-0.1, -0.05) is 41.4 Å². The molecule has 0 aliphatic carbocycles. The normalized spacial score (nSPS) is 11.3. The van der Waals surface area contributed by atoms with Crippen LogP contribution in [0.4, 0.5) is 18.9 Å². The number of ether oxygens (including phenoxy) is 1. The van der Waals surface area contributed by atoms with Crippen LogP contribution in [0.2, 0.25) is 10.0 Å². The van der Waals surface area contributed by atoms with Gasteiger partial charge in [-0.25, -0.2) is 5.43 Å². The summed E-state index contributed by atoms with van der Waals surface area (Å²) in [6.07, 6.45) is -3.34. The fourth-order valence-corrected chi connectivity index (χ4v) is 3.00. The Morgan fingerprint density at radius 3 is 2.38 bits per heavy atom. The van der Waals surface area contributed by atoms with Gasteiger partial charge in [0.15, 0.2) is 0 Å². The second-order valence-corrected chi connectivity index (χ2v) is 7.68. The van der Waals surface area contributed by atoms with Gasteiger partial charge in [0, 0.05) is 10.7 Å². The summed E-state index contributed by atoms with van der Waals surface area (Å²) in [5.41, 5.74) is 2.26. The van der Waals surface area contributed by atoms with Crippen LogP contribution in [-0.4, -0.2) is 18.0 Å². The lowest BCUT2D eigenvalue weighted by Gasteiger charge is -2.09. The van der Waals surface area contributed by atoms with Crippen molar-refractivity contribution in [3.05, 3.63) is 93.5 Å². The summed E-state index contributed by atoms with van der Waals surface area (Å²) < 4.78 is 43.9. The van der Waals surface area contributed by atoms with Gasteiger partial charge < -0.3 is 10.1 Å². The van der Waals surface area contributed by atoms with Gasteiger partial charge in [-0.2, -0.15) is 18.3 Å². The van der Waals surface area contributed by atoms with E-state index in [1.165, 1.54) is 18.3 Å². The predicted octanol–water partition coefficient (Wildman–Crippen LogP) is 5.68. The monoisotopic (exact) mass is 509 g/mol. The number of benzene rings is 3. The maximum atomic E-state index is 12.7. The molecule has 0 heterocycles. The smallest absolute Gasteiger partial charge is 0.416 e. The summed E-state index contributed by atoms with van der Waals surface area (Å²) in [5.74, 6) is -1.92. The van der Waals surface area contributed by atoms with Crippen molar-refractivity contribution in [1.82, 2.24) is 5.43 Å². The first-order valence-corrected chi connectivity index (χ1v) is 10.4. The third-order valence-electron chi connectivity index (χ3n) is 4.30. The molecule has 3 aromatic rings. The molecule has 0 unspecified atom stereocenters. The van der Waals surface area contributed by atoms with E-state index >= 15 is 0 Å². The number of anilines is 1. The quantitative estimate of drug-likeness (QED) is 0.255. The minimum atomic E-state index is -4.58. The number of nitrogens with one attached hydrogen (secondary N) is 2. The Hall–Kier alpha value is -3.56. The summed E-state index contributed by atoms with van der Waals surface area (Å²) in [7, 11) is 0. The van der Waals surface area contributed by atoms with E-state index in [-0.39, 0.29) is 12.3 Å². The lowest BCUT2D eigenvalue weighted by atomic mass is 10.2. The van der Waals surface area contributed by atoms with Gasteiger partial charge in [0.2, 0.25) is 0 Å². The second kappa shape index (κ2) is 11.0. The Bertz CT molecular complexity index is 1220. The lowest BCUT2D eigenvalue weighted by molar-refractivity contribution is -0.137. The summed E-state index contributed by atoms with van der Waals surface area (Å²) in [4.78, 5) is 23.8. The van der Waals surface area contributed by atoms with Gasteiger partial charge in [0.05, 0.1) is 16.8 Å². The second-order valence-electron chi connectivity index (χ2n) is 6.84. The molecule has 2 amide bonds. The zero-order valence-electron chi connectivity index (χ0n) is 17.2. The lowest BCUT2D eigenvalue weighted by Crippen LogP contribution is -2.32. The first kappa shape index (κ1) is 25.1. The third kappa shape index (κ3) is 7.23. The number of carbonyl (C=O) groups excluding carboxylic acids is 2. The molecule has 6 nitrogen and oxygen atoms in total. The van der Waals surface area contributed by atoms with Crippen molar-refractivity contribution in [1.29, 1.82) is 0 Å². The maximum absolute atomic E-state index is 12.7. The molecule has 2 N–H and O–H groups in total. The maximum Gasteiger partial charge on any atom is 0.416 e.